The van der Waals surface area contributed by atoms with Crippen molar-refractivity contribution in [3.63, 3.8) is 0 Å². The first-order valence-corrected chi connectivity index (χ1v) is 25.6. The van der Waals surface area contributed by atoms with E-state index in [0.29, 0.717) is 30.7 Å². The molecule has 2 heterocycles. The summed E-state index contributed by atoms with van der Waals surface area (Å²) < 4.78 is 11.8. The minimum Gasteiger partial charge on any atom is -0.481 e. The molecule has 2 unspecified atom stereocenters. The van der Waals surface area contributed by atoms with Crippen LogP contribution in [0.4, 0.5) is 0 Å². The molecule has 2 aliphatic rings. The Morgan fingerprint density at radius 3 is 1.81 bits per heavy atom. The number of likely N-dealkylation sites (N-methyl/N-ethyl adjacent to an activating group) is 2. The number of ether oxygens (including phenoxy) is 2. The van der Waals surface area contributed by atoms with E-state index in [1.54, 1.807) is 23.9 Å². The molecule has 0 aliphatic carbocycles. The first kappa shape index (κ1) is 65.3. The van der Waals surface area contributed by atoms with Crippen LogP contribution in [-0.2, 0) is 62.2 Å². The van der Waals surface area contributed by atoms with Crippen molar-refractivity contribution >= 4 is 65.1 Å². The molecule has 11 N–H and O–H groups in total. The summed E-state index contributed by atoms with van der Waals surface area (Å²) in [5.41, 5.74) is 5.65. The number of hydrogen-bond donors (Lipinski definition) is 10. The van der Waals surface area contributed by atoms with E-state index in [-0.39, 0.29) is 54.7 Å². The van der Waals surface area contributed by atoms with Crippen LogP contribution in [0.5, 0.6) is 0 Å². The molecular formula is C49H84N10O16. The third-order valence-corrected chi connectivity index (χ3v) is 14.1. The fourth-order valence-electron chi connectivity index (χ4n) is 9.60. The van der Waals surface area contributed by atoms with Gasteiger partial charge in [-0.25, -0.2) is 4.79 Å². The molecule has 2 aliphatic heterocycles. The molecule has 26 heteroatoms. The van der Waals surface area contributed by atoms with Crippen molar-refractivity contribution in [1.82, 2.24) is 46.6 Å². The van der Waals surface area contributed by atoms with E-state index in [2.05, 4.69) is 31.9 Å². The minimum absolute atomic E-state index is 0.0485. The molecule has 0 aromatic carbocycles. The summed E-state index contributed by atoms with van der Waals surface area (Å²) in [5.74, 6) is -11.1. The Morgan fingerprint density at radius 2 is 1.33 bits per heavy atom. The number of amides is 9. The van der Waals surface area contributed by atoms with Gasteiger partial charge < -0.3 is 72.2 Å². The molecular weight excluding hydrogens is 985 g/mol. The van der Waals surface area contributed by atoms with Crippen LogP contribution in [0.2, 0.25) is 0 Å². The number of carboxylic acids is 2. The predicted octanol–water partition coefficient (Wildman–Crippen LogP) is -2.33. The molecule has 0 saturated carbocycles. The molecule has 75 heavy (non-hydrogen) atoms. The maximum absolute atomic E-state index is 14.4. The zero-order valence-electron chi connectivity index (χ0n) is 45.5. The number of carboxylic acid groups (broad SMARTS) is 2. The Bertz CT molecular complexity index is 2010. The molecule has 2 rings (SSSR count). The fraction of sp³-hybridized carbons (Fsp3) is 0.776. The van der Waals surface area contributed by atoms with Crippen LogP contribution in [0.3, 0.4) is 0 Å². The number of carbonyl (C=O) groups is 11. The Labute approximate surface area is 439 Å². The highest BCUT2D eigenvalue weighted by Crippen LogP contribution is 2.30. The van der Waals surface area contributed by atoms with Crippen LogP contribution < -0.4 is 37.6 Å². The van der Waals surface area contributed by atoms with Crippen molar-refractivity contribution in [3.05, 3.63) is 0 Å². The van der Waals surface area contributed by atoms with Crippen molar-refractivity contribution < 1.29 is 77.5 Å². The van der Waals surface area contributed by atoms with Crippen LogP contribution in [0, 0.1) is 23.7 Å². The van der Waals surface area contributed by atoms with Gasteiger partial charge in [0, 0.05) is 60.2 Å². The fourth-order valence-corrected chi connectivity index (χ4v) is 9.60. The number of nitrogens with one attached hydrogen (secondary N) is 6. The average molecular weight is 1070 g/mol. The number of aliphatic hydroxyl groups excluding tert-OH is 1. The third kappa shape index (κ3) is 17.9. The number of methoxy groups -OCH3 is 2. The maximum Gasteiger partial charge on any atom is 0.328 e. The number of likely N-dealkylation sites (tertiary alicyclic amines) is 2. The van der Waals surface area contributed by atoms with Crippen LogP contribution in [0.25, 0.3) is 0 Å². The number of aliphatic hydroxyl groups is 1. The summed E-state index contributed by atoms with van der Waals surface area (Å²) in [4.78, 5) is 148. The molecule has 0 aromatic rings. The highest BCUT2D eigenvalue weighted by molar-refractivity contribution is 6.06. The quantitative estimate of drug-likeness (QED) is 0.0316. The number of nitrogens with two attached hydrogens (primary N) is 1. The molecule has 26 nitrogen and oxygen atoms in total. The van der Waals surface area contributed by atoms with Gasteiger partial charge in [-0.15, -0.1) is 0 Å². The van der Waals surface area contributed by atoms with Crippen molar-refractivity contribution in [2.75, 3.05) is 47.9 Å². The second-order valence-corrected chi connectivity index (χ2v) is 20.1. The Kier molecular flexibility index (Phi) is 26.7. The molecule has 0 aromatic heterocycles. The van der Waals surface area contributed by atoms with E-state index in [4.69, 9.17) is 15.2 Å². The summed E-state index contributed by atoms with van der Waals surface area (Å²) in [6.07, 6.45) is -3.55. The van der Waals surface area contributed by atoms with E-state index in [1.165, 1.54) is 28.1 Å². The lowest BCUT2D eigenvalue weighted by Gasteiger charge is -2.41. The first-order chi connectivity index (χ1) is 35.1. The predicted molar refractivity (Wildman–Crippen MR) is 269 cm³/mol. The van der Waals surface area contributed by atoms with E-state index < -0.39 is 146 Å². The van der Waals surface area contributed by atoms with Crippen molar-refractivity contribution in [3.8, 4) is 0 Å². The standard InChI is InChI=1S/C49H84N10O16/c1-13-26(6)41(57(10)48(71)39(25(4)5)55-46(69)38(51-9)24(2)3)33(74-11)21-36(63)58-20-14-15-31(58)42(75-12)27(7)43(66)56-40(28(8)60)47(70)53-29(16-19-37(64)65)44(67)54-30(49(72)73)23-52-45(68)32(22-50)59-34(61)17-18-35(59)62/h24-33,38-42,51,60H,13-23,50H2,1-12H3,(H,52,68)(H,53,70)(H,54,67)(H,55,69)(H,56,66)(H,64,65)(H,72,73)/t26-,27+,28?,29-,30-,31-,32-,33+,38-,39-,40-,41-,42?/m0/s1. The van der Waals surface area contributed by atoms with Gasteiger partial charge in [0.25, 0.3) is 0 Å². The van der Waals surface area contributed by atoms with Gasteiger partial charge in [0.05, 0.1) is 48.8 Å². The van der Waals surface area contributed by atoms with Gasteiger partial charge in [-0.05, 0) is 51.0 Å². The van der Waals surface area contributed by atoms with Crippen LogP contribution in [0.15, 0.2) is 0 Å². The van der Waals surface area contributed by atoms with Crippen molar-refractivity contribution in [2.45, 2.75) is 173 Å². The Morgan fingerprint density at radius 1 is 0.773 bits per heavy atom. The number of nitrogens with zero attached hydrogens (tertiary/aromatic N) is 3. The number of carbonyl (C=O) groups excluding carboxylic acids is 9. The minimum atomic E-state index is -1.88. The second kappa shape index (κ2) is 30.7. The largest absolute Gasteiger partial charge is 0.481 e. The summed E-state index contributed by atoms with van der Waals surface area (Å²) in [5, 5.41) is 45.1. The normalized spacial score (nSPS) is 19.6. The highest BCUT2D eigenvalue weighted by Gasteiger charge is 2.44. The topological polar surface area (TPSA) is 375 Å². The van der Waals surface area contributed by atoms with E-state index in [0.717, 1.165) is 0 Å². The van der Waals surface area contributed by atoms with Gasteiger partial charge in [-0.3, -0.25) is 52.8 Å². The molecule has 9 amide bonds. The zero-order chi connectivity index (χ0) is 57.2. The van der Waals surface area contributed by atoms with E-state index >= 15 is 0 Å². The molecule has 0 radical (unpaired) electrons. The summed E-state index contributed by atoms with van der Waals surface area (Å²) in [6, 6.07) is -9.54. The molecule has 2 fully saturated rings. The van der Waals surface area contributed by atoms with Crippen molar-refractivity contribution in [2.24, 2.45) is 29.4 Å². The average Bonchev–Trinajstić information content (AvgIpc) is 3.97. The van der Waals surface area contributed by atoms with Crippen LogP contribution in [0.1, 0.15) is 107 Å². The summed E-state index contributed by atoms with van der Waals surface area (Å²) in [6.45, 7) is 13.0. The lowest BCUT2D eigenvalue weighted by Crippen LogP contribution is -2.61. The second-order valence-electron chi connectivity index (χ2n) is 20.1. The lowest BCUT2D eigenvalue weighted by molar-refractivity contribution is -0.148. The Balaban J connectivity index is 2.29. The van der Waals surface area contributed by atoms with Gasteiger partial charge in [-0.2, -0.15) is 0 Å². The van der Waals surface area contributed by atoms with Crippen LogP contribution >= 0.6 is 0 Å². The van der Waals surface area contributed by atoms with E-state index in [1.807, 2.05) is 41.5 Å². The van der Waals surface area contributed by atoms with Crippen LogP contribution in [-0.4, -0.2) is 210 Å². The van der Waals surface area contributed by atoms with Gasteiger partial charge in [0.15, 0.2) is 0 Å². The Hall–Kier alpha value is -5.83. The van der Waals surface area contributed by atoms with Gasteiger partial charge in [0.2, 0.25) is 53.2 Å². The number of aliphatic carboxylic acids is 2. The van der Waals surface area contributed by atoms with Gasteiger partial charge in [-0.1, -0.05) is 54.9 Å². The number of imide groups is 1. The summed E-state index contributed by atoms with van der Waals surface area (Å²) in [7, 11) is 6.11. The van der Waals surface area contributed by atoms with Crippen molar-refractivity contribution in [1.29, 1.82) is 0 Å². The smallest absolute Gasteiger partial charge is 0.328 e. The number of hydrogen-bond acceptors (Lipinski definition) is 16. The van der Waals surface area contributed by atoms with Gasteiger partial charge >= 0.3 is 11.9 Å². The maximum atomic E-state index is 14.4. The molecule has 2 saturated heterocycles. The highest BCUT2D eigenvalue weighted by atomic mass is 16.5. The van der Waals surface area contributed by atoms with E-state index in [9.17, 15) is 68.1 Å². The monoisotopic (exact) mass is 1070 g/mol. The first-order valence-electron chi connectivity index (χ1n) is 25.6. The SMILES string of the molecule is CC[C@H](C)[C@@H]([C@@H](CC(=O)N1CCC[C@H]1C(OC)[C@@H](C)C(=O)N[C@H](C(=O)N[C@@H](CCC(=O)O)C(=O)N[C@@H](CNC(=O)[C@H](CN)N1C(=O)CCC1=O)C(=O)O)C(C)O)OC)N(C)C(=O)[C@@H](NC(=O)[C@@H](NC)C(C)C)C(C)C. The molecule has 13 atom stereocenters. The zero-order valence-corrected chi connectivity index (χ0v) is 45.5. The molecule has 426 valence electrons. The third-order valence-electron chi connectivity index (χ3n) is 14.1. The number of rotatable bonds is 32. The molecule has 0 bridgehead atoms. The molecule has 0 spiro atoms. The summed E-state index contributed by atoms with van der Waals surface area (Å²) >= 11 is 0. The lowest BCUT2D eigenvalue weighted by atomic mass is 9.89. The van der Waals surface area contributed by atoms with Gasteiger partial charge in [0.1, 0.15) is 30.2 Å².